The smallest absolute Gasteiger partial charge is 0.398 e. The maximum atomic E-state index is 13.0. The number of carbonyl (C=O) groups is 2. The summed E-state index contributed by atoms with van der Waals surface area (Å²) in [5, 5.41) is 17.1. The second-order valence-corrected chi connectivity index (χ2v) is 6.58. The number of nitrogens with zero attached hydrogens (tertiary/aromatic N) is 2. The Morgan fingerprint density at radius 3 is 2.25 bits per heavy atom. The third-order valence-electron chi connectivity index (χ3n) is 4.26. The second-order valence-electron chi connectivity index (χ2n) is 6.31. The van der Waals surface area contributed by atoms with Crippen LogP contribution in [0.1, 0.15) is 29.2 Å². The first-order valence-corrected chi connectivity index (χ1v) is 9.63. The van der Waals surface area contributed by atoms with E-state index in [1.165, 1.54) is 44.5 Å². The standard InChI is InChI=1S/C21H19ClF3N3O4/c1-3-26-20(31,13-8-10-14(11-9-13)21(23,24)25)16-7-5-4-6-15(16)18(28-32-2)19(30)27-17(29)12-22/h3-11,31H,12H2,1-2H3,(H,27,29,30). The number of hydrogen-bond acceptors (Lipinski definition) is 6. The van der Waals surface area contributed by atoms with Crippen molar-refractivity contribution in [2.75, 3.05) is 13.0 Å². The molecule has 7 nitrogen and oxygen atoms in total. The second kappa shape index (κ2) is 10.4. The van der Waals surface area contributed by atoms with Crippen LogP contribution in [0.2, 0.25) is 0 Å². The van der Waals surface area contributed by atoms with Crippen molar-refractivity contribution in [2.45, 2.75) is 18.8 Å². The lowest BCUT2D eigenvalue weighted by atomic mass is 9.88. The fourth-order valence-electron chi connectivity index (χ4n) is 2.90. The van der Waals surface area contributed by atoms with Gasteiger partial charge in [0.2, 0.25) is 11.6 Å². The highest BCUT2D eigenvalue weighted by atomic mass is 35.5. The maximum Gasteiger partial charge on any atom is 0.416 e. The average Bonchev–Trinajstić information content (AvgIpc) is 2.77. The van der Waals surface area contributed by atoms with Crippen molar-refractivity contribution < 1.29 is 32.7 Å². The number of imide groups is 1. The van der Waals surface area contributed by atoms with E-state index in [2.05, 4.69) is 10.1 Å². The summed E-state index contributed by atoms with van der Waals surface area (Å²) >= 11 is 5.42. The molecule has 0 radical (unpaired) electrons. The molecule has 0 spiro atoms. The molecule has 2 amide bonds. The van der Waals surface area contributed by atoms with Crippen molar-refractivity contribution in [1.29, 1.82) is 0 Å². The number of alkyl halides is 4. The van der Waals surface area contributed by atoms with Gasteiger partial charge in [-0.25, -0.2) is 0 Å². The Labute approximate surface area is 186 Å². The first-order chi connectivity index (χ1) is 15.1. The van der Waals surface area contributed by atoms with Crippen molar-refractivity contribution >= 4 is 35.3 Å². The zero-order valence-electron chi connectivity index (χ0n) is 17.0. The molecule has 2 aromatic rings. The van der Waals surface area contributed by atoms with E-state index in [1.54, 1.807) is 0 Å². The molecule has 11 heteroatoms. The van der Waals surface area contributed by atoms with Crippen LogP contribution in [0, 0.1) is 0 Å². The van der Waals surface area contributed by atoms with Crippen molar-refractivity contribution in [2.24, 2.45) is 10.1 Å². The molecule has 0 bridgehead atoms. The van der Waals surface area contributed by atoms with Crippen LogP contribution in [0.4, 0.5) is 13.2 Å². The van der Waals surface area contributed by atoms with Gasteiger partial charge in [0, 0.05) is 16.7 Å². The van der Waals surface area contributed by atoms with Crippen molar-refractivity contribution in [3.8, 4) is 0 Å². The lowest BCUT2D eigenvalue weighted by Gasteiger charge is -2.27. The molecule has 32 heavy (non-hydrogen) atoms. The van der Waals surface area contributed by atoms with Gasteiger partial charge in [0.05, 0.1) is 5.56 Å². The molecule has 1 atom stereocenters. The third kappa shape index (κ3) is 5.51. The normalized spacial score (nSPS) is 14.2. The van der Waals surface area contributed by atoms with Crippen LogP contribution in [-0.4, -0.2) is 41.8 Å². The number of rotatable bonds is 7. The largest absolute Gasteiger partial charge is 0.416 e. The molecular weight excluding hydrogens is 451 g/mol. The first-order valence-electron chi connectivity index (χ1n) is 9.09. The van der Waals surface area contributed by atoms with Crippen LogP contribution in [0.5, 0.6) is 0 Å². The summed E-state index contributed by atoms with van der Waals surface area (Å²) in [5.74, 6) is -2.23. The van der Waals surface area contributed by atoms with E-state index in [4.69, 9.17) is 16.4 Å². The van der Waals surface area contributed by atoms with Crippen LogP contribution in [0.3, 0.4) is 0 Å². The molecule has 2 N–H and O–H groups in total. The minimum Gasteiger partial charge on any atom is -0.398 e. The number of aliphatic imine (C=N–C) groups is 1. The molecule has 0 saturated heterocycles. The lowest BCUT2D eigenvalue weighted by Crippen LogP contribution is -2.39. The van der Waals surface area contributed by atoms with Gasteiger partial charge in [0.25, 0.3) is 5.91 Å². The molecule has 0 saturated carbocycles. The highest BCUT2D eigenvalue weighted by Gasteiger charge is 2.37. The van der Waals surface area contributed by atoms with Crippen LogP contribution in [0.25, 0.3) is 0 Å². The van der Waals surface area contributed by atoms with E-state index in [0.29, 0.717) is 0 Å². The molecule has 170 valence electrons. The number of hydrogen-bond donors (Lipinski definition) is 2. The van der Waals surface area contributed by atoms with E-state index in [1.807, 2.05) is 5.32 Å². The van der Waals surface area contributed by atoms with Gasteiger partial charge in [-0.15, -0.1) is 11.6 Å². The van der Waals surface area contributed by atoms with Gasteiger partial charge < -0.3 is 9.94 Å². The fraction of sp³-hybridized carbons (Fsp3) is 0.238. The Bertz CT molecular complexity index is 1040. The topological polar surface area (TPSA) is 100 Å². The molecule has 0 heterocycles. The molecule has 0 aliphatic rings. The van der Waals surface area contributed by atoms with Gasteiger partial charge in [-0.3, -0.25) is 19.9 Å². The van der Waals surface area contributed by atoms with Gasteiger partial charge in [-0.2, -0.15) is 13.2 Å². The monoisotopic (exact) mass is 469 g/mol. The number of amides is 2. The van der Waals surface area contributed by atoms with Crippen molar-refractivity contribution in [3.63, 3.8) is 0 Å². The summed E-state index contributed by atoms with van der Waals surface area (Å²) in [6, 6.07) is 9.68. The van der Waals surface area contributed by atoms with Crippen LogP contribution in [0.15, 0.2) is 58.7 Å². The molecule has 0 aliphatic carbocycles. The Morgan fingerprint density at radius 2 is 1.72 bits per heavy atom. The van der Waals surface area contributed by atoms with E-state index in [9.17, 15) is 27.9 Å². The molecule has 0 fully saturated rings. The molecular formula is C21H19ClF3N3O4. The molecule has 2 aromatic carbocycles. The zero-order valence-corrected chi connectivity index (χ0v) is 17.7. The summed E-state index contributed by atoms with van der Waals surface area (Å²) in [5.41, 5.74) is -3.41. The zero-order chi connectivity index (χ0) is 23.9. The van der Waals surface area contributed by atoms with Crippen molar-refractivity contribution in [3.05, 3.63) is 70.8 Å². The number of oxime groups is 1. The predicted molar refractivity (Wildman–Crippen MR) is 112 cm³/mol. The van der Waals surface area contributed by atoms with Crippen molar-refractivity contribution in [1.82, 2.24) is 5.32 Å². The number of nitrogens with one attached hydrogen (secondary N) is 1. The average molecular weight is 470 g/mol. The lowest BCUT2D eigenvalue weighted by molar-refractivity contribution is -0.137. The van der Waals surface area contributed by atoms with E-state index in [-0.39, 0.29) is 22.4 Å². The maximum absolute atomic E-state index is 13.0. The summed E-state index contributed by atoms with van der Waals surface area (Å²) in [6.45, 7) is 1.51. The van der Waals surface area contributed by atoms with Gasteiger partial charge >= 0.3 is 6.18 Å². The van der Waals surface area contributed by atoms with E-state index >= 15 is 0 Å². The highest BCUT2D eigenvalue weighted by molar-refractivity contribution is 6.48. The predicted octanol–water partition coefficient (Wildman–Crippen LogP) is 3.22. The Kier molecular flexibility index (Phi) is 8.12. The first kappa shape index (κ1) is 25.0. The minimum atomic E-state index is -4.56. The fourth-order valence-corrected chi connectivity index (χ4v) is 2.96. The summed E-state index contributed by atoms with van der Waals surface area (Å²) in [7, 11) is 1.17. The van der Waals surface area contributed by atoms with Gasteiger partial charge in [-0.1, -0.05) is 41.6 Å². The number of benzene rings is 2. The summed E-state index contributed by atoms with van der Waals surface area (Å²) in [4.78, 5) is 32.9. The minimum absolute atomic E-state index is 0.00468. The summed E-state index contributed by atoms with van der Waals surface area (Å²) in [6.07, 6.45) is -3.30. The Morgan fingerprint density at radius 1 is 1.12 bits per heavy atom. The number of carbonyl (C=O) groups excluding carboxylic acids is 2. The van der Waals surface area contributed by atoms with Crippen LogP contribution >= 0.6 is 11.6 Å². The van der Waals surface area contributed by atoms with Gasteiger partial charge in [0.1, 0.15) is 13.0 Å². The van der Waals surface area contributed by atoms with E-state index in [0.717, 1.165) is 24.3 Å². The molecule has 0 aromatic heterocycles. The van der Waals surface area contributed by atoms with Gasteiger partial charge in [-0.05, 0) is 25.3 Å². The number of halogens is 4. The van der Waals surface area contributed by atoms with Crippen LogP contribution in [-0.2, 0) is 26.3 Å². The van der Waals surface area contributed by atoms with Crippen LogP contribution < -0.4 is 5.32 Å². The molecule has 1 unspecified atom stereocenters. The third-order valence-corrected chi connectivity index (χ3v) is 4.50. The summed E-state index contributed by atoms with van der Waals surface area (Å²) < 4.78 is 38.9. The molecule has 2 rings (SSSR count). The number of aliphatic hydroxyl groups is 1. The Hall–Kier alpha value is -3.24. The van der Waals surface area contributed by atoms with Gasteiger partial charge in [0.15, 0.2) is 5.71 Å². The quantitative estimate of drug-likeness (QED) is 0.369. The SMILES string of the molecule is CC=NC(O)(c1ccc(C(F)(F)F)cc1)c1ccccc1C(=NOC)C(=O)NC(=O)CCl. The van der Waals surface area contributed by atoms with E-state index < -0.39 is 35.2 Å². The Balaban J connectivity index is 2.67. The highest BCUT2D eigenvalue weighted by Crippen LogP contribution is 2.36. The molecule has 0 aliphatic heterocycles.